The number of hydrogen-bond donors (Lipinski definition) is 0. The van der Waals surface area contributed by atoms with E-state index in [0.29, 0.717) is 5.06 Å². The summed E-state index contributed by atoms with van der Waals surface area (Å²) >= 11 is 1.25. The molecular formula is C8H9F3OS. The Kier molecular flexibility index (Phi) is 3.19. The molecule has 0 fully saturated rings. The molecule has 1 aromatic rings. The van der Waals surface area contributed by atoms with Crippen LogP contribution < -0.4 is 4.74 Å². The van der Waals surface area contributed by atoms with E-state index in [0.717, 1.165) is 11.3 Å². The predicted octanol–water partition coefficient (Wildman–Crippen LogP) is 3.25. The van der Waals surface area contributed by atoms with E-state index in [1.807, 2.05) is 6.92 Å². The number of rotatable bonds is 3. The molecule has 1 rings (SSSR count). The summed E-state index contributed by atoms with van der Waals surface area (Å²) in [5.74, 6) is 0. The lowest BCUT2D eigenvalue weighted by Crippen LogP contribution is -2.18. The highest BCUT2D eigenvalue weighted by Gasteiger charge is 2.28. The van der Waals surface area contributed by atoms with E-state index in [9.17, 15) is 13.2 Å². The van der Waals surface area contributed by atoms with Crippen LogP contribution in [0.1, 0.15) is 11.8 Å². The quantitative estimate of drug-likeness (QED) is 0.744. The number of halogens is 3. The van der Waals surface area contributed by atoms with Crippen LogP contribution in [0.15, 0.2) is 12.1 Å². The normalized spacial score (nSPS) is 11.7. The highest BCUT2D eigenvalue weighted by atomic mass is 32.1. The van der Waals surface area contributed by atoms with Gasteiger partial charge in [0.15, 0.2) is 11.7 Å². The summed E-state index contributed by atoms with van der Waals surface area (Å²) in [5, 5.41) is 0.328. The second-order valence-electron chi connectivity index (χ2n) is 2.48. The van der Waals surface area contributed by atoms with Gasteiger partial charge in [-0.1, -0.05) is 6.92 Å². The number of alkyl halides is 3. The Morgan fingerprint density at radius 2 is 2.08 bits per heavy atom. The maximum Gasteiger partial charge on any atom is 0.422 e. The zero-order valence-electron chi connectivity index (χ0n) is 7.02. The molecule has 0 aliphatic carbocycles. The topological polar surface area (TPSA) is 9.23 Å². The van der Waals surface area contributed by atoms with Gasteiger partial charge in [-0.05, 0) is 18.6 Å². The van der Waals surface area contributed by atoms with Crippen LogP contribution in [0.25, 0.3) is 0 Å². The minimum Gasteiger partial charge on any atom is -0.475 e. The molecular weight excluding hydrogens is 201 g/mol. The van der Waals surface area contributed by atoms with E-state index >= 15 is 0 Å². The van der Waals surface area contributed by atoms with E-state index in [1.165, 1.54) is 11.3 Å². The summed E-state index contributed by atoms with van der Waals surface area (Å²) in [6, 6.07) is 3.34. The Morgan fingerprint density at radius 3 is 2.54 bits per heavy atom. The number of ether oxygens (including phenoxy) is 1. The Balaban J connectivity index is 2.46. The lowest BCUT2D eigenvalue weighted by Gasteiger charge is -2.06. The minimum absolute atomic E-state index is 0.328. The summed E-state index contributed by atoms with van der Waals surface area (Å²) in [6.45, 7) is 0.732. The highest BCUT2D eigenvalue weighted by molar-refractivity contribution is 7.13. The zero-order chi connectivity index (χ0) is 9.90. The standard InChI is InChI=1S/C8H9F3OS/c1-2-6-3-4-7(13-6)12-5-8(9,10)11/h3-4H,2,5H2,1H3. The van der Waals surface area contributed by atoms with Gasteiger partial charge in [-0.25, -0.2) is 0 Å². The molecule has 5 heteroatoms. The van der Waals surface area contributed by atoms with Gasteiger partial charge in [-0.15, -0.1) is 11.3 Å². The number of hydrogen-bond acceptors (Lipinski definition) is 2. The van der Waals surface area contributed by atoms with Gasteiger partial charge in [0, 0.05) is 4.88 Å². The van der Waals surface area contributed by atoms with Gasteiger partial charge < -0.3 is 4.74 Å². The summed E-state index contributed by atoms with van der Waals surface area (Å²) in [7, 11) is 0. The SMILES string of the molecule is CCc1ccc(OCC(F)(F)F)s1. The fourth-order valence-corrected chi connectivity index (χ4v) is 1.57. The van der Waals surface area contributed by atoms with Crippen molar-refractivity contribution in [2.75, 3.05) is 6.61 Å². The molecule has 0 aliphatic rings. The smallest absolute Gasteiger partial charge is 0.422 e. The number of thiophene rings is 1. The molecule has 0 radical (unpaired) electrons. The van der Waals surface area contributed by atoms with Crippen LogP contribution in [0, 0.1) is 0 Å². The molecule has 1 heterocycles. The van der Waals surface area contributed by atoms with Gasteiger partial charge in [0.2, 0.25) is 0 Å². The van der Waals surface area contributed by atoms with Crippen LogP contribution in [0.5, 0.6) is 5.06 Å². The van der Waals surface area contributed by atoms with E-state index in [1.54, 1.807) is 12.1 Å². The van der Waals surface area contributed by atoms with E-state index in [-0.39, 0.29) is 0 Å². The van der Waals surface area contributed by atoms with Crippen molar-refractivity contribution in [1.29, 1.82) is 0 Å². The second-order valence-corrected chi connectivity index (χ2v) is 3.61. The fraction of sp³-hybridized carbons (Fsp3) is 0.500. The fourth-order valence-electron chi connectivity index (χ4n) is 0.779. The first-order chi connectivity index (χ1) is 6.01. The van der Waals surface area contributed by atoms with E-state index in [4.69, 9.17) is 0 Å². The molecule has 0 aromatic carbocycles. The van der Waals surface area contributed by atoms with Gasteiger partial charge in [-0.3, -0.25) is 0 Å². The predicted molar refractivity (Wildman–Crippen MR) is 45.2 cm³/mol. The van der Waals surface area contributed by atoms with Gasteiger partial charge >= 0.3 is 6.18 Å². The van der Waals surface area contributed by atoms with Crippen molar-refractivity contribution in [2.45, 2.75) is 19.5 Å². The first kappa shape index (κ1) is 10.4. The van der Waals surface area contributed by atoms with Gasteiger partial charge in [0.25, 0.3) is 0 Å². The molecule has 1 aromatic heterocycles. The summed E-state index contributed by atoms with van der Waals surface area (Å²) in [4.78, 5) is 1.03. The third-order valence-corrected chi connectivity index (χ3v) is 2.51. The second kappa shape index (κ2) is 4.00. The maximum atomic E-state index is 11.7. The average molecular weight is 210 g/mol. The van der Waals surface area contributed by atoms with Crippen LogP contribution in [0.4, 0.5) is 13.2 Å². The monoisotopic (exact) mass is 210 g/mol. The molecule has 0 aliphatic heterocycles. The Morgan fingerprint density at radius 1 is 1.38 bits per heavy atom. The molecule has 0 N–H and O–H groups in total. The average Bonchev–Trinajstić information content (AvgIpc) is 2.47. The van der Waals surface area contributed by atoms with Crippen LogP contribution in [0.2, 0.25) is 0 Å². The molecule has 0 atom stereocenters. The van der Waals surface area contributed by atoms with Crippen molar-refractivity contribution in [1.82, 2.24) is 0 Å². The van der Waals surface area contributed by atoms with Crippen molar-refractivity contribution >= 4 is 11.3 Å². The minimum atomic E-state index is -4.25. The third-order valence-electron chi connectivity index (χ3n) is 1.36. The Labute approximate surface area is 78.1 Å². The lowest BCUT2D eigenvalue weighted by atomic mass is 10.4. The first-order valence-electron chi connectivity index (χ1n) is 3.79. The third kappa shape index (κ3) is 3.67. The van der Waals surface area contributed by atoms with Crippen molar-refractivity contribution in [3.63, 3.8) is 0 Å². The van der Waals surface area contributed by atoms with Crippen LogP contribution >= 0.6 is 11.3 Å². The van der Waals surface area contributed by atoms with Crippen LogP contribution in [-0.2, 0) is 6.42 Å². The summed E-state index contributed by atoms with van der Waals surface area (Å²) in [5.41, 5.74) is 0. The van der Waals surface area contributed by atoms with Gasteiger partial charge in [0.1, 0.15) is 0 Å². The molecule has 0 amide bonds. The Bertz CT molecular complexity index is 267. The van der Waals surface area contributed by atoms with Crippen molar-refractivity contribution < 1.29 is 17.9 Å². The van der Waals surface area contributed by atoms with Crippen molar-refractivity contribution in [3.8, 4) is 5.06 Å². The van der Waals surface area contributed by atoms with Crippen LogP contribution in [-0.4, -0.2) is 12.8 Å². The molecule has 13 heavy (non-hydrogen) atoms. The molecule has 0 saturated carbocycles. The van der Waals surface area contributed by atoms with Gasteiger partial charge in [-0.2, -0.15) is 13.2 Å². The molecule has 0 unspecified atom stereocenters. The summed E-state index contributed by atoms with van der Waals surface area (Å²) in [6.07, 6.45) is -3.43. The molecule has 0 saturated heterocycles. The summed E-state index contributed by atoms with van der Waals surface area (Å²) < 4.78 is 39.7. The maximum absolute atomic E-state index is 11.7. The molecule has 0 spiro atoms. The molecule has 1 nitrogen and oxygen atoms in total. The van der Waals surface area contributed by atoms with E-state index in [2.05, 4.69) is 4.74 Å². The Hall–Kier alpha value is -0.710. The van der Waals surface area contributed by atoms with Crippen molar-refractivity contribution in [2.24, 2.45) is 0 Å². The van der Waals surface area contributed by atoms with Gasteiger partial charge in [0.05, 0.1) is 0 Å². The zero-order valence-corrected chi connectivity index (χ0v) is 7.84. The molecule has 74 valence electrons. The highest BCUT2D eigenvalue weighted by Crippen LogP contribution is 2.26. The van der Waals surface area contributed by atoms with Crippen molar-refractivity contribution in [3.05, 3.63) is 17.0 Å². The van der Waals surface area contributed by atoms with E-state index < -0.39 is 12.8 Å². The lowest BCUT2D eigenvalue weighted by molar-refractivity contribution is -0.152. The number of aryl methyl sites for hydroxylation is 1. The molecule has 0 bridgehead atoms. The largest absolute Gasteiger partial charge is 0.475 e. The first-order valence-corrected chi connectivity index (χ1v) is 4.61. The van der Waals surface area contributed by atoms with Crippen LogP contribution in [0.3, 0.4) is 0 Å².